The molecule has 0 amide bonds. The molecule has 4 heterocycles. The van der Waals surface area contributed by atoms with E-state index in [1.165, 1.54) is 12.1 Å². The summed E-state index contributed by atoms with van der Waals surface area (Å²) in [6.45, 7) is 0.604. The second-order valence-electron chi connectivity index (χ2n) is 7.04. The van der Waals surface area contributed by atoms with Gasteiger partial charge in [0, 0.05) is 25.7 Å². The quantitative estimate of drug-likeness (QED) is 0.438. The fourth-order valence-corrected chi connectivity index (χ4v) is 3.59. The molecular formula is C22H17FN6O2. The van der Waals surface area contributed by atoms with Gasteiger partial charge in [0.2, 0.25) is 0 Å². The van der Waals surface area contributed by atoms with E-state index in [2.05, 4.69) is 20.3 Å². The normalized spacial score (nSPS) is 11.4. The van der Waals surface area contributed by atoms with Gasteiger partial charge in [-0.3, -0.25) is 9.78 Å². The zero-order chi connectivity index (χ0) is 21.4. The molecular weight excluding hydrogens is 399 g/mol. The van der Waals surface area contributed by atoms with Crippen LogP contribution in [-0.2, 0) is 17.9 Å². The van der Waals surface area contributed by atoms with Crippen LogP contribution in [0.15, 0.2) is 65.8 Å². The molecule has 0 N–H and O–H groups in total. The number of methoxy groups -OCH3 is 1. The third-order valence-electron chi connectivity index (χ3n) is 5.01. The number of rotatable bonds is 5. The van der Waals surface area contributed by atoms with Gasteiger partial charge in [-0.2, -0.15) is 5.10 Å². The summed E-state index contributed by atoms with van der Waals surface area (Å²) in [5.41, 5.74) is 3.88. The van der Waals surface area contributed by atoms with E-state index in [9.17, 15) is 9.18 Å². The first-order valence-electron chi connectivity index (χ1n) is 9.57. The monoisotopic (exact) mass is 416 g/mol. The molecule has 1 aromatic carbocycles. The van der Waals surface area contributed by atoms with Gasteiger partial charge in [0.1, 0.15) is 11.3 Å². The molecule has 0 radical (unpaired) electrons. The second-order valence-corrected chi connectivity index (χ2v) is 7.04. The number of fused-ring (bicyclic) bond motifs is 3. The maximum atomic E-state index is 13.4. The fraction of sp³-hybridized carbons (Fsp3) is 0.136. The molecule has 0 saturated heterocycles. The van der Waals surface area contributed by atoms with Crippen molar-refractivity contribution in [3.05, 3.63) is 88.5 Å². The highest BCUT2D eigenvalue weighted by atomic mass is 19.1. The Balaban J connectivity index is 1.70. The summed E-state index contributed by atoms with van der Waals surface area (Å²) in [6.07, 6.45) is 5.10. The molecule has 0 unspecified atom stereocenters. The van der Waals surface area contributed by atoms with E-state index in [0.717, 1.165) is 11.1 Å². The molecule has 0 atom stereocenters. The van der Waals surface area contributed by atoms with Crippen molar-refractivity contribution >= 4 is 16.7 Å². The molecule has 0 spiro atoms. The highest BCUT2D eigenvalue weighted by molar-refractivity contribution is 5.84. The summed E-state index contributed by atoms with van der Waals surface area (Å²) in [7, 11) is 1.57. The van der Waals surface area contributed by atoms with Crippen LogP contribution in [0.1, 0.15) is 11.3 Å². The van der Waals surface area contributed by atoms with Crippen molar-refractivity contribution in [1.82, 2.24) is 29.4 Å². The molecule has 5 aromatic rings. The van der Waals surface area contributed by atoms with E-state index in [4.69, 9.17) is 4.74 Å². The SMILES string of the molecule is COCc1nn2c(nnc3c(=O)n(Cc4cccnc4)ccc32)c1-c1ccc(F)cc1. The Labute approximate surface area is 175 Å². The van der Waals surface area contributed by atoms with E-state index in [-0.39, 0.29) is 23.5 Å². The predicted octanol–water partition coefficient (Wildman–Crippen LogP) is 2.83. The van der Waals surface area contributed by atoms with Crippen LogP contribution in [0.5, 0.6) is 0 Å². The lowest BCUT2D eigenvalue weighted by Gasteiger charge is -2.07. The average molecular weight is 416 g/mol. The van der Waals surface area contributed by atoms with Crippen LogP contribution in [0.3, 0.4) is 0 Å². The Morgan fingerprint density at radius 2 is 1.94 bits per heavy atom. The molecule has 0 saturated carbocycles. The van der Waals surface area contributed by atoms with Gasteiger partial charge in [0.05, 0.1) is 24.4 Å². The molecule has 0 aliphatic rings. The van der Waals surface area contributed by atoms with Gasteiger partial charge in [0.25, 0.3) is 5.56 Å². The van der Waals surface area contributed by atoms with E-state index >= 15 is 0 Å². The number of aromatic nitrogens is 6. The van der Waals surface area contributed by atoms with Crippen LogP contribution < -0.4 is 5.56 Å². The Hall–Kier alpha value is -3.98. The first-order chi connectivity index (χ1) is 15.2. The lowest BCUT2D eigenvalue weighted by Crippen LogP contribution is -2.22. The van der Waals surface area contributed by atoms with Crippen LogP contribution in [0.25, 0.3) is 27.8 Å². The zero-order valence-corrected chi connectivity index (χ0v) is 16.6. The van der Waals surface area contributed by atoms with Crippen LogP contribution in [0, 0.1) is 5.82 Å². The molecule has 5 rings (SSSR count). The standard InChI is InChI=1S/C22H17FN6O2/c1-31-13-17-19(15-4-6-16(23)7-5-15)21-26-25-20-18(29(21)27-17)8-10-28(22(20)30)12-14-3-2-9-24-11-14/h2-11H,12-13H2,1H3. The van der Waals surface area contributed by atoms with Crippen molar-refractivity contribution in [2.75, 3.05) is 7.11 Å². The lowest BCUT2D eigenvalue weighted by atomic mass is 10.1. The minimum absolute atomic E-state index is 0.205. The maximum absolute atomic E-state index is 13.4. The van der Waals surface area contributed by atoms with Crippen molar-refractivity contribution in [1.29, 1.82) is 0 Å². The van der Waals surface area contributed by atoms with E-state index in [1.54, 1.807) is 53.0 Å². The Kier molecular flexibility index (Phi) is 4.72. The van der Waals surface area contributed by atoms with Gasteiger partial charge in [-0.05, 0) is 35.4 Å². The smallest absolute Gasteiger partial charge is 0.280 e. The highest BCUT2D eigenvalue weighted by Crippen LogP contribution is 2.29. The highest BCUT2D eigenvalue weighted by Gasteiger charge is 2.19. The Bertz CT molecular complexity index is 1440. The number of nitrogens with zero attached hydrogens (tertiary/aromatic N) is 6. The summed E-state index contributed by atoms with van der Waals surface area (Å²) in [4.78, 5) is 17.1. The molecule has 9 heteroatoms. The number of pyridine rings is 2. The van der Waals surface area contributed by atoms with Crippen LogP contribution in [-0.4, -0.2) is 36.5 Å². The number of hydrogen-bond acceptors (Lipinski definition) is 6. The van der Waals surface area contributed by atoms with E-state index in [1.807, 2.05) is 12.1 Å². The fourth-order valence-electron chi connectivity index (χ4n) is 3.59. The van der Waals surface area contributed by atoms with Crippen molar-refractivity contribution < 1.29 is 9.13 Å². The summed E-state index contributed by atoms with van der Waals surface area (Å²) in [6, 6.07) is 11.6. The molecule has 0 fully saturated rings. The molecule has 154 valence electrons. The summed E-state index contributed by atoms with van der Waals surface area (Å²) in [5, 5.41) is 13.1. The van der Waals surface area contributed by atoms with Crippen molar-refractivity contribution in [2.24, 2.45) is 0 Å². The van der Waals surface area contributed by atoms with Gasteiger partial charge in [-0.1, -0.05) is 18.2 Å². The lowest BCUT2D eigenvalue weighted by molar-refractivity contribution is 0.181. The first kappa shape index (κ1) is 19.0. The molecule has 4 aromatic heterocycles. The summed E-state index contributed by atoms with van der Waals surface area (Å²) >= 11 is 0. The largest absolute Gasteiger partial charge is 0.378 e. The third-order valence-corrected chi connectivity index (χ3v) is 5.01. The molecule has 0 bridgehead atoms. The number of ether oxygens (including phenoxy) is 1. The summed E-state index contributed by atoms with van der Waals surface area (Å²) in [5.74, 6) is -0.334. The minimum Gasteiger partial charge on any atom is -0.378 e. The van der Waals surface area contributed by atoms with Gasteiger partial charge in [0.15, 0.2) is 11.2 Å². The van der Waals surface area contributed by atoms with Crippen LogP contribution >= 0.6 is 0 Å². The van der Waals surface area contributed by atoms with Crippen molar-refractivity contribution in [3.8, 4) is 11.1 Å². The van der Waals surface area contributed by atoms with Gasteiger partial charge < -0.3 is 9.30 Å². The predicted molar refractivity (Wildman–Crippen MR) is 112 cm³/mol. The van der Waals surface area contributed by atoms with Gasteiger partial charge >= 0.3 is 0 Å². The van der Waals surface area contributed by atoms with Crippen LogP contribution in [0.2, 0.25) is 0 Å². The zero-order valence-electron chi connectivity index (χ0n) is 16.6. The number of halogens is 1. The molecule has 0 aliphatic heterocycles. The van der Waals surface area contributed by atoms with Crippen LogP contribution in [0.4, 0.5) is 4.39 Å². The van der Waals surface area contributed by atoms with E-state index in [0.29, 0.717) is 29.0 Å². The molecule has 0 aliphatic carbocycles. The number of hydrogen-bond donors (Lipinski definition) is 0. The topological polar surface area (TPSA) is 87.2 Å². The van der Waals surface area contributed by atoms with E-state index < -0.39 is 0 Å². The van der Waals surface area contributed by atoms with Crippen molar-refractivity contribution in [3.63, 3.8) is 0 Å². The van der Waals surface area contributed by atoms with Gasteiger partial charge in [-0.25, -0.2) is 8.91 Å². The number of benzene rings is 1. The first-order valence-corrected chi connectivity index (χ1v) is 9.57. The Morgan fingerprint density at radius 1 is 1.10 bits per heavy atom. The summed E-state index contributed by atoms with van der Waals surface area (Å²) < 4.78 is 21.9. The molecule has 8 nitrogen and oxygen atoms in total. The average Bonchev–Trinajstić information content (AvgIpc) is 3.15. The maximum Gasteiger partial charge on any atom is 0.280 e. The second kappa shape index (κ2) is 7.69. The third kappa shape index (κ3) is 3.34. The molecule has 31 heavy (non-hydrogen) atoms. The minimum atomic E-state index is -0.334. The Morgan fingerprint density at radius 3 is 2.68 bits per heavy atom. The van der Waals surface area contributed by atoms with Gasteiger partial charge in [-0.15, -0.1) is 10.2 Å². The van der Waals surface area contributed by atoms with Crippen molar-refractivity contribution in [2.45, 2.75) is 13.2 Å².